The Morgan fingerprint density at radius 1 is 1.18 bits per heavy atom. The Morgan fingerprint density at radius 3 is 2.55 bits per heavy atom. The Bertz CT molecular complexity index is 569. The number of hydrogen-bond donors (Lipinski definition) is 3. The van der Waals surface area contributed by atoms with Crippen molar-refractivity contribution in [2.45, 2.75) is 19.4 Å². The molecule has 0 unspecified atom stereocenters. The van der Waals surface area contributed by atoms with Crippen LogP contribution in [0.25, 0.3) is 0 Å². The maximum Gasteiger partial charge on any atom is 0.223 e. The van der Waals surface area contributed by atoms with Gasteiger partial charge in [-0.1, -0.05) is 30.3 Å². The molecule has 0 atom stereocenters. The van der Waals surface area contributed by atoms with Gasteiger partial charge >= 0.3 is 0 Å². The van der Waals surface area contributed by atoms with E-state index < -0.39 is 10.0 Å². The average Bonchev–Trinajstić information content (AvgIpc) is 2.55. The van der Waals surface area contributed by atoms with Crippen molar-refractivity contribution in [1.82, 2.24) is 15.4 Å². The Kier molecular flexibility index (Phi) is 6.35. The van der Waals surface area contributed by atoms with Gasteiger partial charge in [0, 0.05) is 19.0 Å². The molecule has 22 heavy (non-hydrogen) atoms. The number of nitrogens with one attached hydrogen (secondary N) is 3. The Morgan fingerprint density at radius 2 is 1.86 bits per heavy atom. The summed E-state index contributed by atoms with van der Waals surface area (Å²) < 4.78 is 26.3. The molecule has 1 aliphatic heterocycles. The van der Waals surface area contributed by atoms with E-state index in [1.54, 1.807) is 0 Å². The Hall–Kier alpha value is -1.44. The van der Waals surface area contributed by atoms with Gasteiger partial charge in [-0.15, -0.1) is 0 Å². The molecule has 1 amide bonds. The van der Waals surface area contributed by atoms with Gasteiger partial charge < -0.3 is 10.6 Å². The number of sulfonamides is 1. The zero-order valence-corrected chi connectivity index (χ0v) is 13.4. The van der Waals surface area contributed by atoms with Crippen LogP contribution in [0, 0.1) is 5.92 Å². The van der Waals surface area contributed by atoms with E-state index >= 15 is 0 Å². The molecule has 0 aromatic heterocycles. The highest BCUT2D eigenvalue weighted by atomic mass is 32.2. The summed E-state index contributed by atoms with van der Waals surface area (Å²) in [4.78, 5) is 11.9. The molecule has 1 aromatic carbocycles. The first-order valence-electron chi connectivity index (χ1n) is 7.56. The van der Waals surface area contributed by atoms with Crippen molar-refractivity contribution in [3.63, 3.8) is 0 Å². The second kappa shape index (κ2) is 8.26. The van der Waals surface area contributed by atoms with Crippen molar-refractivity contribution in [1.29, 1.82) is 0 Å². The highest BCUT2D eigenvalue weighted by Crippen LogP contribution is 2.11. The van der Waals surface area contributed by atoms with E-state index in [1.165, 1.54) is 0 Å². The number of rotatable bonds is 7. The smallest absolute Gasteiger partial charge is 0.223 e. The topological polar surface area (TPSA) is 87.3 Å². The maximum atomic E-state index is 11.9. The van der Waals surface area contributed by atoms with Gasteiger partial charge in [0.05, 0.1) is 5.75 Å². The van der Waals surface area contributed by atoms with Crippen LogP contribution in [0.3, 0.4) is 0 Å². The first-order chi connectivity index (χ1) is 10.6. The lowest BCUT2D eigenvalue weighted by Gasteiger charge is -2.21. The molecule has 122 valence electrons. The highest BCUT2D eigenvalue weighted by Gasteiger charge is 2.21. The third kappa shape index (κ3) is 5.75. The molecule has 3 N–H and O–H groups in total. The fourth-order valence-electron chi connectivity index (χ4n) is 2.40. The van der Waals surface area contributed by atoms with Gasteiger partial charge in [0.25, 0.3) is 0 Å². The van der Waals surface area contributed by atoms with Crippen LogP contribution in [0.4, 0.5) is 0 Å². The average molecular weight is 325 g/mol. The summed E-state index contributed by atoms with van der Waals surface area (Å²) in [5, 5.41) is 5.92. The summed E-state index contributed by atoms with van der Waals surface area (Å²) in [7, 11) is -3.38. The number of piperidine rings is 1. The Labute approximate surface area is 131 Å². The number of amides is 1. The first-order valence-corrected chi connectivity index (χ1v) is 9.22. The van der Waals surface area contributed by atoms with Gasteiger partial charge in [-0.3, -0.25) is 4.79 Å². The number of carbonyl (C=O) groups excluding carboxylic acids is 1. The zero-order valence-electron chi connectivity index (χ0n) is 12.5. The van der Waals surface area contributed by atoms with Crippen LogP contribution in [-0.2, 0) is 21.4 Å². The number of hydrogen-bond acceptors (Lipinski definition) is 4. The molecule has 6 nitrogen and oxygen atoms in total. The molecule has 1 heterocycles. The molecular formula is C15H23N3O3S. The Balaban J connectivity index is 1.69. The van der Waals surface area contributed by atoms with E-state index in [9.17, 15) is 13.2 Å². The summed E-state index contributed by atoms with van der Waals surface area (Å²) in [6.45, 7) is 2.10. The molecule has 1 fully saturated rings. The lowest BCUT2D eigenvalue weighted by Crippen LogP contribution is -2.40. The van der Waals surface area contributed by atoms with Gasteiger partial charge in [-0.2, -0.15) is 0 Å². The van der Waals surface area contributed by atoms with E-state index in [4.69, 9.17) is 0 Å². The number of benzene rings is 1. The third-order valence-electron chi connectivity index (χ3n) is 3.72. The molecule has 0 bridgehead atoms. The van der Waals surface area contributed by atoms with Crippen LogP contribution in [0.5, 0.6) is 0 Å². The van der Waals surface area contributed by atoms with Crippen LogP contribution in [0.1, 0.15) is 18.4 Å². The summed E-state index contributed by atoms with van der Waals surface area (Å²) in [6, 6.07) is 9.34. The molecule has 0 saturated carbocycles. The van der Waals surface area contributed by atoms with E-state index in [1.807, 2.05) is 30.3 Å². The highest BCUT2D eigenvalue weighted by molar-refractivity contribution is 7.89. The van der Waals surface area contributed by atoms with E-state index in [0.717, 1.165) is 31.5 Å². The van der Waals surface area contributed by atoms with Crippen LogP contribution in [-0.4, -0.2) is 39.7 Å². The predicted molar refractivity (Wildman–Crippen MR) is 85.7 cm³/mol. The van der Waals surface area contributed by atoms with Crippen molar-refractivity contribution >= 4 is 15.9 Å². The van der Waals surface area contributed by atoms with Gasteiger partial charge in [-0.25, -0.2) is 13.1 Å². The minimum absolute atomic E-state index is 0.00114. The molecule has 1 saturated heterocycles. The van der Waals surface area contributed by atoms with Gasteiger partial charge in [0.15, 0.2) is 0 Å². The second-order valence-electron chi connectivity index (χ2n) is 5.44. The quantitative estimate of drug-likeness (QED) is 0.669. The van der Waals surface area contributed by atoms with Gasteiger partial charge in [-0.05, 0) is 31.5 Å². The summed E-state index contributed by atoms with van der Waals surface area (Å²) >= 11 is 0. The third-order valence-corrected chi connectivity index (χ3v) is 5.04. The van der Waals surface area contributed by atoms with Crippen molar-refractivity contribution in [2.75, 3.05) is 25.4 Å². The zero-order chi connectivity index (χ0) is 15.8. The normalized spacial score (nSPS) is 16.4. The van der Waals surface area contributed by atoms with Crippen molar-refractivity contribution in [3.05, 3.63) is 35.9 Å². The lowest BCUT2D eigenvalue weighted by molar-refractivity contribution is -0.125. The molecular weight excluding hydrogens is 302 g/mol. The fourth-order valence-corrected chi connectivity index (χ4v) is 3.30. The van der Waals surface area contributed by atoms with E-state index in [2.05, 4.69) is 15.4 Å². The van der Waals surface area contributed by atoms with Gasteiger partial charge in [0.1, 0.15) is 0 Å². The molecule has 0 spiro atoms. The van der Waals surface area contributed by atoms with Crippen LogP contribution in [0.15, 0.2) is 30.3 Å². The fraction of sp³-hybridized carbons (Fsp3) is 0.533. The predicted octanol–water partition coefficient (Wildman–Crippen LogP) is 0.222. The minimum atomic E-state index is -3.38. The summed E-state index contributed by atoms with van der Waals surface area (Å²) in [5.41, 5.74) is 0.907. The SMILES string of the molecule is O=C(NCCS(=O)(=O)NCc1ccccc1)C1CCNCC1. The number of carbonyl (C=O) groups is 1. The summed E-state index contributed by atoms with van der Waals surface area (Å²) in [5.74, 6) is -0.141. The van der Waals surface area contributed by atoms with Crippen LogP contribution >= 0.6 is 0 Å². The second-order valence-corrected chi connectivity index (χ2v) is 7.37. The summed E-state index contributed by atoms with van der Waals surface area (Å²) in [6.07, 6.45) is 1.62. The molecule has 0 radical (unpaired) electrons. The van der Waals surface area contributed by atoms with Gasteiger partial charge in [0.2, 0.25) is 15.9 Å². The molecule has 7 heteroatoms. The van der Waals surface area contributed by atoms with Crippen molar-refractivity contribution < 1.29 is 13.2 Å². The van der Waals surface area contributed by atoms with Crippen molar-refractivity contribution in [2.24, 2.45) is 5.92 Å². The van der Waals surface area contributed by atoms with Crippen LogP contribution < -0.4 is 15.4 Å². The largest absolute Gasteiger partial charge is 0.355 e. The molecule has 0 aliphatic carbocycles. The van der Waals surface area contributed by atoms with E-state index in [0.29, 0.717) is 0 Å². The monoisotopic (exact) mass is 325 g/mol. The molecule has 2 rings (SSSR count). The molecule has 1 aliphatic rings. The van der Waals surface area contributed by atoms with E-state index in [-0.39, 0.29) is 30.7 Å². The lowest BCUT2D eigenvalue weighted by atomic mass is 9.97. The first kappa shape index (κ1) is 16.9. The maximum absolute atomic E-state index is 11.9. The standard InChI is InChI=1S/C15H23N3O3S/c19-15(14-6-8-16-9-7-14)17-10-11-22(20,21)18-12-13-4-2-1-3-5-13/h1-5,14,16,18H,6-12H2,(H,17,19). The van der Waals surface area contributed by atoms with Crippen LogP contribution in [0.2, 0.25) is 0 Å². The minimum Gasteiger partial charge on any atom is -0.355 e. The molecule has 1 aromatic rings. The van der Waals surface area contributed by atoms with Crippen molar-refractivity contribution in [3.8, 4) is 0 Å².